The van der Waals surface area contributed by atoms with Crippen LogP contribution in [0, 0.1) is 11.6 Å². The summed E-state index contributed by atoms with van der Waals surface area (Å²) >= 11 is 0. The first-order chi connectivity index (χ1) is 11.2. The van der Waals surface area contributed by atoms with Gasteiger partial charge in [0.1, 0.15) is 17.1 Å². The van der Waals surface area contributed by atoms with Crippen molar-refractivity contribution in [2.75, 3.05) is 7.11 Å². The molecule has 0 amide bonds. The SMILES string of the molecule is COc1ccccc1-n1nnc(C=O)c1-c1ccc(F)c(F)c1. The van der Waals surface area contributed by atoms with E-state index in [1.807, 2.05) is 0 Å². The number of hydrogen-bond donors (Lipinski definition) is 0. The molecule has 3 aromatic rings. The predicted molar refractivity (Wildman–Crippen MR) is 78.7 cm³/mol. The minimum absolute atomic E-state index is 0.0157. The molecule has 7 heteroatoms. The molecule has 1 aromatic heterocycles. The van der Waals surface area contributed by atoms with Crippen LogP contribution in [-0.4, -0.2) is 28.4 Å². The van der Waals surface area contributed by atoms with Crippen LogP contribution >= 0.6 is 0 Å². The molecule has 0 radical (unpaired) electrons. The van der Waals surface area contributed by atoms with Crippen molar-refractivity contribution >= 4 is 6.29 Å². The number of halogens is 2. The van der Waals surface area contributed by atoms with Crippen LogP contribution in [0.5, 0.6) is 5.75 Å². The number of aromatic nitrogens is 3. The van der Waals surface area contributed by atoms with Gasteiger partial charge in [0.05, 0.1) is 7.11 Å². The lowest BCUT2D eigenvalue weighted by Crippen LogP contribution is -2.03. The van der Waals surface area contributed by atoms with Crippen molar-refractivity contribution in [3.8, 4) is 22.7 Å². The van der Waals surface area contributed by atoms with E-state index in [1.54, 1.807) is 24.3 Å². The Morgan fingerprint density at radius 3 is 2.61 bits per heavy atom. The number of ether oxygens (including phenoxy) is 1. The molecule has 5 nitrogen and oxygen atoms in total. The molecule has 0 fully saturated rings. The highest BCUT2D eigenvalue weighted by atomic mass is 19.2. The molecule has 0 aliphatic heterocycles. The zero-order valence-electron chi connectivity index (χ0n) is 12.0. The molecule has 0 atom stereocenters. The average molecular weight is 315 g/mol. The number of nitrogens with zero attached hydrogens (tertiary/aromatic N) is 3. The van der Waals surface area contributed by atoms with Crippen molar-refractivity contribution in [3.05, 3.63) is 59.8 Å². The summed E-state index contributed by atoms with van der Waals surface area (Å²) in [5, 5.41) is 7.72. The number of aldehydes is 1. The number of methoxy groups -OCH3 is 1. The van der Waals surface area contributed by atoms with Gasteiger partial charge in [0.25, 0.3) is 0 Å². The molecular formula is C16H11F2N3O2. The zero-order chi connectivity index (χ0) is 16.4. The topological polar surface area (TPSA) is 57.0 Å². The molecular weight excluding hydrogens is 304 g/mol. The molecule has 0 spiro atoms. The molecule has 116 valence electrons. The summed E-state index contributed by atoms with van der Waals surface area (Å²) in [4.78, 5) is 11.2. The van der Waals surface area contributed by atoms with Gasteiger partial charge in [0.2, 0.25) is 0 Å². The fraction of sp³-hybridized carbons (Fsp3) is 0.0625. The molecule has 2 aromatic carbocycles. The van der Waals surface area contributed by atoms with Crippen molar-refractivity contribution in [2.45, 2.75) is 0 Å². The van der Waals surface area contributed by atoms with Gasteiger partial charge in [-0.15, -0.1) is 5.10 Å². The predicted octanol–water partition coefficient (Wildman–Crippen LogP) is 3.03. The van der Waals surface area contributed by atoms with E-state index in [-0.39, 0.29) is 17.0 Å². The summed E-state index contributed by atoms with van der Waals surface area (Å²) in [5.41, 5.74) is 1.07. The molecule has 0 aliphatic rings. The molecule has 23 heavy (non-hydrogen) atoms. The summed E-state index contributed by atoms with van der Waals surface area (Å²) < 4.78 is 33.3. The van der Waals surface area contributed by atoms with Gasteiger partial charge in [0.15, 0.2) is 23.6 Å². The van der Waals surface area contributed by atoms with Crippen LogP contribution in [0.3, 0.4) is 0 Å². The standard InChI is InChI=1S/C16H11F2N3O2/c1-23-15-5-3-2-4-14(15)21-16(13(9-22)19-20-21)10-6-7-11(17)12(18)8-10/h2-9H,1H3. The number of carbonyl (C=O) groups is 1. The van der Waals surface area contributed by atoms with Crippen LogP contribution in [0.1, 0.15) is 10.5 Å². The molecule has 1 heterocycles. The van der Waals surface area contributed by atoms with Gasteiger partial charge in [-0.3, -0.25) is 4.79 Å². The molecule has 0 aliphatic carbocycles. The van der Waals surface area contributed by atoms with Crippen molar-refractivity contribution in [1.29, 1.82) is 0 Å². The fourth-order valence-corrected chi connectivity index (χ4v) is 2.26. The molecule has 3 rings (SSSR count). The van der Waals surface area contributed by atoms with E-state index in [4.69, 9.17) is 4.74 Å². The van der Waals surface area contributed by atoms with Crippen molar-refractivity contribution in [2.24, 2.45) is 0 Å². The highest BCUT2D eigenvalue weighted by Gasteiger charge is 2.19. The number of hydrogen-bond acceptors (Lipinski definition) is 4. The van der Waals surface area contributed by atoms with Crippen LogP contribution < -0.4 is 4.74 Å². The van der Waals surface area contributed by atoms with Crippen molar-refractivity contribution in [3.63, 3.8) is 0 Å². The molecule has 0 saturated heterocycles. The second-order valence-electron chi connectivity index (χ2n) is 4.65. The van der Waals surface area contributed by atoms with E-state index in [1.165, 1.54) is 17.9 Å². The minimum atomic E-state index is -1.02. The van der Waals surface area contributed by atoms with E-state index < -0.39 is 11.6 Å². The van der Waals surface area contributed by atoms with Gasteiger partial charge in [-0.05, 0) is 30.3 Å². The normalized spacial score (nSPS) is 10.6. The first kappa shape index (κ1) is 14.8. The third kappa shape index (κ3) is 2.57. The largest absolute Gasteiger partial charge is 0.494 e. The maximum absolute atomic E-state index is 13.5. The third-order valence-corrected chi connectivity index (χ3v) is 3.31. The molecule has 0 unspecified atom stereocenters. The monoisotopic (exact) mass is 315 g/mol. The second kappa shape index (κ2) is 5.96. The van der Waals surface area contributed by atoms with Gasteiger partial charge in [-0.25, -0.2) is 13.5 Å². The third-order valence-electron chi connectivity index (χ3n) is 3.31. The Hall–Kier alpha value is -3.09. The smallest absolute Gasteiger partial charge is 0.172 e. The van der Waals surface area contributed by atoms with Crippen molar-refractivity contribution in [1.82, 2.24) is 15.0 Å². The highest BCUT2D eigenvalue weighted by Crippen LogP contribution is 2.29. The summed E-state index contributed by atoms with van der Waals surface area (Å²) in [7, 11) is 1.49. The quantitative estimate of drug-likeness (QED) is 0.694. The molecule has 0 saturated carbocycles. The second-order valence-corrected chi connectivity index (χ2v) is 4.65. The fourth-order valence-electron chi connectivity index (χ4n) is 2.26. The summed E-state index contributed by atoms with van der Waals surface area (Å²) in [6.07, 6.45) is 0.509. The van der Waals surface area contributed by atoms with Gasteiger partial charge in [-0.1, -0.05) is 17.3 Å². The number of para-hydroxylation sites is 2. The van der Waals surface area contributed by atoms with Crippen LogP contribution in [0.15, 0.2) is 42.5 Å². The Bertz CT molecular complexity index is 878. The minimum Gasteiger partial charge on any atom is -0.494 e. The Balaban J connectivity index is 2.26. The Kier molecular flexibility index (Phi) is 3.84. The highest BCUT2D eigenvalue weighted by molar-refractivity contribution is 5.84. The van der Waals surface area contributed by atoms with Crippen LogP contribution in [0.25, 0.3) is 16.9 Å². The van der Waals surface area contributed by atoms with Crippen molar-refractivity contribution < 1.29 is 18.3 Å². The Morgan fingerprint density at radius 2 is 1.91 bits per heavy atom. The lowest BCUT2D eigenvalue weighted by atomic mass is 10.1. The lowest BCUT2D eigenvalue weighted by Gasteiger charge is -2.11. The van der Waals surface area contributed by atoms with E-state index in [0.717, 1.165) is 12.1 Å². The Morgan fingerprint density at radius 1 is 1.13 bits per heavy atom. The molecule has 0 N–H and O–H groups in total. The first-order valence-electron chi connectivity index (χ1n) is 6.65. The van der Waals surface area contributed by atoms with E-state index in [9.17, 15) is 13.6 Å². The van der Waals surface area contributed by atoms with E-state index >= 15 is 0 Å². The maximum Gasteiger partial charge on any atom is 0.172 e. The van der Waals surface area contributed by atoms with Crippen LogP contribution in [-0.2, 0) is 0 Å². The maximum atomic E-state index is 13.5. The lowest BCUT2D eigenvalue weighted by molar-refractivity contribution is 0.111. The summed E-state index contributed by atoms with van der Waals surface area (Å²) in [6.45, 7) is 0. The van der Waals surface area contributed by atoms with Gasteiger partial charge in [0, 0.05) is 5.56 Å². The van der Waals surface area contributed by atoms with E-state index in [2.05, 4.69) is 10.3 Å². The van der Waals surface area contributed by atoms with Gasteiger partial charge >= 0.3 is 0 Å². The number of carbonyl (C=O) groups excluding carboxylic acids is 1. The van der Waals surface area contributed by atoms with E-state index in [0.29, 0.717) is 17.7 Å². The van der Waals surface area contributed by atoms with Crippen LogP contribution in [0.4, 0.5) is 8.78 Å². The van der Waals surface area contributed by atoms with Gasteiger partial charge < -0.3 is 4.74 Å². The summed E-state index contributed by atoms with van der Waals surface area (Å²) in [6, 6.07) is 10.3. The summed E-state index contributed by atoms with van der Waals surface area (Å²) in [5.74, 6) is -1.50. The first-order valence-corrected chi connectivity index (χ1v) is 6.65. The Labute approximate surface area is 130 Å². The number of rotatable bonds is 4. The average Bonchev–Trinajstić information content (AvgIpc) is 3.01. The van der Waals surface area contributed by atoms with Crippen LogP contribution in [0.2, 0.25) is 0 Å². The number of benzene rings is 2. The zero-order valence-corrected chi connectivity index (χ0v) is 12.0. The molecule has 0 bridgehead atoms. The van der Waals surface area contributed by atoms with Gasteiger partial charge in [-0.2, -0.15) is 0 Å².